The Labute approximate surface area is 62.3 Å². The van der Waals surface area contributed by atoms with Gasteiger partial charge in [-0.05, 0) is 6.92 Å². The summed E-state index contributed by atoms with van der Waals surface area (Å²) in [6, 6.07) is 0. The summed E-state index contributed by atoms with van der Waals surface area (Å²) in [6.45, 7) is 0.686. The molecular formula is C6H8F2NO2+. The van der Waals surface area contributed by atoms with E-state index in [9.17, 15) is 13.8 Å². The number of ether oxygens (including phenoxy) is 1. The molecular weight excluding hydrogens is 156 g/mol. The van der Waals surface area contributed by atoms with Gasteiger partial charge in [0.05, 0.1) is 11.0 Å². The van der Waals surface area contributed by atoms with Crippen LogP contribution in [-0.4, -0.2) is 24.0 Å². The zero-order valence-electron chi connectivity index (χ0n) is 6.01. The fourth-order valence-corrected chi connectivity index (χ4v) is 0.756. The fourth-order valence-electron chi connectivity index (χ4n) is 0.756. The van der Waals surface area contributed by atoms with Gasteiger partial charge in [-0.25, -0.2) is 4.79 Å². The predicted molar refractivity (Wildman–Crippen MR) is 32.1 cm³/mol. The molecule has 0 radical (unpaired) electrons. The first kappa shape index (κ1) is 8.13. The standard InChI is InChI=1S/C6H8F2NO2/c1-2-9(7,8)5-3-6(10)11-4-5/h3H,2,4H2,1H3/q+1. The molecule has 11 heavy (non-hydrogen) atoms. The number of hydrogen-bond donors (Lipinski definition) is 0. The Morgan fingerprint density at radius 3 is 2.73 bits per heavy atom. The van der Waals surface area contributed by atoms with Crippen LogP contribution in [0.1, 0.15) is 6.92 Å². The van der Waals surface area contributed by atoms with Crippen molar-refractivity contribution in [2.45, 2.75) is 6.92 Å². The van der Waals surface area contributed by atoms with Gasteiger partial charge in [0.25, 0.3) is 0 Å². The number of rotatable bonds is 2. The van der Waals surface area contributed by atoms with Crippen LogP contribution in [0.4, 0.5) is 8.96 Å². The lowest BCUT2D eigenvalue weighted by Gasteiger charge is -2.09. The minimum absolute atomic E-state index is 0.280. The Kier molecular flexibility index (Phi) is 1.90. The monoisotopic (exact) mass is 164 g/mol. The van der Waals surface area contributed by atoms with Crippen LogP contribution in [0.2, 0.25) is 0 Å². The number of esters is 1. The number of halogens is 2. The Hall–Kier alpha value is -0.970. The van der Waals surface area contributed by atoms with E-state index in [-0.39, 0.29) is 18.8 Å². The largest absolute Gasteiger partial charge is 0.451 e. The van der Waals surface area contributed by atoms with E-state index in [0.29, 0.717) is 0 Å². The molecule has 0 amide bonds. The van der Waals surface area contributed by atoms with Crippen molar-refractivity contribution < 1.29 is 23.4 Å². The molecule has 0 aromatic heterocycles. The third-order valence-corrected chi connectivity index (χ3v) is 1.46. The lowest BCUT2D eigenvalue weighted by atomic mass is 10.4. The Morgan fingerprint density at radius 2 is 2.36 bits per heavy atom. The molecule has 3 nitrogen and oxygen atoms in total. The van der Waals surface area contributed by atoms with Crippen molar-refractivity contribution in [1.29, 1.82) is 0 Å². The zero-order chi connectivity index (χ0) is 8.48. The summed E-state index contributed by atoms with van der Waals surface area (Å²) >= 11 is 0. The molecule has 0 aliphatic carbocycles. The van der Waals surface area contributed by atoms with Crippen LogP contribution in [0.3, 0.4) is 0 Å². The lowest BCUT2D eigenvalue weighted by molar-refractivity contribution is -1.14. The number of carbonyl (C=O) groups excluding carboxylic acids is 1. The van der Waals surface area contributed by atoms with Gasteiger partial charge in [-0.2, -0.15) is 0 Å². The maximum Gasteiger partial charge on any atom is 0.337 e. The second-order valence-electron chi connectivity index (χ2n) is 2.19. The number of carbonyl (C=O) groups is 1. The summed E-state index contributed by atoms with van der Waals surface area (Å²) in [5, 5.41) is 0. The molecule has 62 valence electrons. The maximum absolute atomic E-state index is 12.7. The zero-order valence-corrected chi connectivity index (χ0v) is 6.01. The average Bonchev–Trinajstić information content (AvgIpc) is 2.36. The highest BCUT2D eigenvalue weighted by Gasteiger charge is 2.39. The van der Waals surface area contributed by atoms with Gasteiger partial charge in [0, 0.05) is 8.96 Å². The molecule has 0 saturated heterocycles. The number of quaternary nitrogens is 1. The van der Waals surface area contributed by atoms with Gasteiger partial charge < -0.3 is 4.74 Å². The third-order valence-electron chi connectivity index (χ3n) is 1.46. The highest BCUT2D eigenvalue weighted by molar-refractivity contribution is 5.84. The highest BCUT2D eigenvalue weighted by Crippen LogP contribution is 2.23. The van der Waals surface area contributed by atoms with Gasteiger partial charge in [-0.1, -0.05) is 0 Å². The molecule has 0 unspecified atom stereocenters. The van der Waals surface area contributed by atoms with E-state index in [0.717, 1.165) is 6.08 Å². The Morgan fingerprint density at radius 1 is 1.73 bits per heavy atom. The van der Waals surface area contributed by atoms with Gasteiger partial charge >= 0.3 is 5.97 Å². The van der Waals surface area contributed by atoms with E-state index < -0.39 is 10.9 Å². The van der Waals surface area contributed by atoms with Crippen LogP contribution in [0, 0.1) is 0 Å². The first-order valence-corrected chi connectivity index (χ1v) is 3.21. The molecule has 0 atom stereocenters. The molecule has 1 aliphatic rings. The van der Waals surface area contributed by atoms with Gasteiger partial charge in [0.2, 0.25) is 5.70 Å². The fraction of sp³-hybridized carbons (Fsp3) is 0.500. The normalized spacial score (nSPS) is 18.1. The molecule has 0 N–H and O–H groups in total. The minimum atomic E-state index is -2.26. The highest BCUT2D eigenvalue weighted by atomic mass is 19.4. The summed E-state index contributed by atoms with van der Waals surface area (Å²) in [4.78, 5) is 8.12. The smallest absolute Gasteiger partial charge is 0.337 e. The Bertz CT molecular complexity index is 213. The van der Waals surface area contributed by atoms with Crippen molar-refractivity contribution in [2.24, 2.45) is 0 Å². The van der Waals surface area contributed by atoms with Crippen molar-refractivity contribution in [3.05, 3.63) is 11.8 Å². The van der Waals surface area contributed by atoms with E-state index in [4.69, 9.17) is 0 Å². The van der Waals surface area contributed by atoms with Crippen LogP contribution in [0.5, 0.6) is 0 Å². The van der Waals surface area contributed by atoms with Gasteiger partial charge in [0.15, 0.2) is 13.2 Å². The third kappa shape index (κ3) is 1.54. The number of nitrogens with zero attached hydrogens (tertiary/aromatic N) is 1. The summed E-state index contributed by atoms with van der Waals surface area (Å²) in [5.41, 5.74) is -0.280. The van der Waals surface area contributed by atoms with Crippen molar-refractivity contribution in [3.63, 3.8) is 0 Å². The second-order valence-corrected chi connectivity index (χ2v) is 2.19. The van der Waals surface area contributed by atoms with Crippen molar-refractivity contribution >= 4 is 5.97 Å². The van der Waals surface area contributed by atoms with Crippen molar-refractivity contribution in [1.82, 2.24) is 0 Å². The van der Waals surface area contributed by atoms with E-state index >= 15 is 0 Å². The molecule has 1 heterocycles. The predicted octanol–water partition coefficient (Wildman–Crippen LogP) is 1.03. The lowest BCUT2D eigenvalue weighted by Crippen LogP contribution is -2.29. The van der Waals surface area contributed by atoms with Crippen LogP contribution in [-0.2, 0) is 9.53 Å². The van der Waals surface area contributed by atoms with Gasteiger partial charge in [0.1, 0.15) is 0 Å². The molecule has 1 rings (SSSR count). The van der Waals surface area contributed by atoms with Crippen molar-refractivity contribution in [3.8, 4) is 0 Å². The molecule has 5 heteroatoms. The van der Waals surface area contributed by atoms with E-state index in [1.807, 2.05) is 0 Å². The van der Waals surface area contributed by atoms with E-state index in [1.165, 1.54) is 6.92 Å². The maximum atomic E-state index is 12.7. The quantitative estimate of drug-likeness (QED) is 0.450. The SMILES string of the molecule is CC[N+](F)(F)C1=CC(=O)OC1. The molecule has 0 spiro atoms. The molecule has 0 aromatic carbocycles. The second kappa shape index (κ2) is 2.58. The molecule has 0 aromatic rings. The number of hydrogen-bond acceptors (Lipinski definition) is 2. The first-order chi connectivity index (χ1) is 5.06. The van der Waals surface area contributed by atoms with Crippen LogP contribution >= 0.6 is 0 Å². The van der Waals surface area contributed by atoms with Crippen LogP contribution in [0.15, 0.2) is 11.8 Å². The van der Waals surface area contributed by atoms with Gasteiger partial charge in [-0.3, -0.25) is 0 Å². The average molecular weight is 164 g/mol. The van der Waals surface area contributed by atoms with Crippen LogP contribution < -0.4 is 0 Å². The minimum Gasteiger partial charge on any atom is -0.451 e. The first-order valence-electron chi connectivity index (χ1n) is 3.21. The summed E-state index contributed by atoms with van der Waals surface area (Å²) in [6.07, 6.45) is 0.837. The number of cyclic esters (lactones) is 1. The topological polar surface area (TPSA) is 26.3 Å². The Balaban J connectivity index is 2.76. The van der Waals surface area contributed by atoms with Crippen molar-refractivity contribution in [2.75, 3.05) is 13.2 Å². The molecule has 0 bridgehead atoms. The molecule has 1 aliphatic heterocycles. The summed E-state index contributed by atoms with van der Waals surface area (Å²) in [5.74, 6) is -0.689. The van der Waals surface area contributed by atoms with E-state index in [2.05, 4.69) is 4.74 Å². The number of likely N-dealkylation sites (N-methyl/N-ethyl adjacent to an activating group) is 1. The molecule has 0 saturated carbocycles. The van der Waals surface area contributed by atoms with E-state index in [1.54, 1.807) is 0 Å². The van der Waals surface area contributed by atoms with Gasteiger partial charge in [-0.15, -0.1) is 0 Å². The van der Waals surface area contributed by atoms with Crippen LogP contribution in [0.25, 0.3) is 0 Å². The summed E-state index contributed by atoms with van der Waals surface area (Å²) < 4.78 is 29.7. The summed E-state index contributed by atoms with van der Waals surface area (Å²) in [7, 11) is 0. The molecule has 0 fully saturated rings.